The number of rotatable bonds is 7. The van der Waals surface area contributed by atoms with Crippen LogP contribution in [0.1, 0.15) is 10.4 Å². The van der Waals surface area contributed by atoms with Gasteiger partial charge in [0.25, 0.3) is 5.91 Å². The Hall–Kier alpha value is -3.38. The third-order valence-electron chi connectivity index (χ3n) is 3.75. The Labute approximate surface area is 167 Å². The zero-order chi connectivity index (χ0) is 19.8. The number of ether oxygens (including phenoxy) is 2. The van der Waals surface area contributed by atoms with Crippen molar-refractivity contribution in [3.63, 3.8) is 0 Å². The molecule has 0 fully saturated rings. The van der Waals surface area contributed by atoms with Crippen LogP contribution in [-0.4, -0.2) is 18.5 Å². The van der Waals surface area contributed by atoms with Crippen molar-refractivity contribution in [3.05, 3.63) is 82.6 Å². The third kappa shape index (κ3) is 5.56. The predicted octanol–water partition coefficient (Wildman–Crippen LogP) is 5.04. The van der Waals surface area contributed by atoms with Crippen LogP contribution in [0, 0.1) is 6.92 Å². The number of carbonyl (C=O) groups excluding carboxylic acids is 2. The molecule has 0 aliphatic carbocycles. The number of para-hydroxylation sites is 3. The van der Waals surface area contributed by atoms with Crippen molar-refractivity contribution < 1.29 is 19.1 Å². The van der Waals surface area contributed by atoms with E-state index < -0.39 is 11.9 Å². The Morgan fingerprint density at radius 3 is 2.54 bits per heavy atom. The van der Waals surface area contributed by atoms with Gasteiger partial charge >= 0.3 is 5.97 Å². The maximum Gasteiger partial charge on any atom is 0.331 e. The first-order chi connectivity index (χ1) is 13.6. The van der Waals surface area contributed by atoms with Crippen LogP contribution in [0.3, 0.4) is 0 Å². The van der Waals surface area contributed by atoms with Crippen molar-refractivity contribution in [1.82, 2.24) is 0 Å². The van der Waals surface area contributed by atoms with Crippen LogP contribution in [0.2, 0.25) is 0 Å². The summed E-state index contributed by atoms with van der Waals surface area (Å²) in [4.78, 5) is 24.9. The molecule has 1 amide bonds. The van der Waals surface area contributed by atoms with E-state index in [-0.39, 0.29) is 6.61 Å². The molecule has 0 atom stereocenters. The standard InChI is InChI=1S/C22H19NO4S/c1-16-13-14-28-20(16)11-12-22(25)26-15-21(24)23-18-9-5-6-10-19(18)27-17-7-3-2-4-8-17/h2-14H,15H2,1H3,(H,23,24)/b12-11+. The highest BCUT2D eigenvalue weighted by Gasteiger charge is 2.10. The molecule has 3 aromatic rings. The fourth-order valence-corrected chi connectivity index (χ4v) is 3.16. The number of hydrogen-bond acceptors (Lipinski definition) is 5. The number of carbonyl (C=O) groups is 2. The minimum Gasteiger partial charge on any atom is -0.455 e. The van der Waals surface area contributed by atoms with E-state index in [1.54, 1.807) is 24.3 Å². The van der Waals surface area contributed by atoms with Gasteiger partial charge in [-0.3, -0.25) is 4.79 Å². The quantitative estimate of drug-likeness (QED) is 0.451. The zero-order valence-corrected chi connectivity index (χ0v) is 16.1. The molecule has 0 aliphatic heterocycles. The number of aryl methyl sites for hydroxylation is 1. The van der Waals surface area contributed by atoms with Gasteiger partial charge in [0, 0.05) is 11.0 Å². The average molecular weight is 393 g/mol. The summed E-state index contributed by atoms with van der Waals surface area (Å²) in [6.07, 6.45) is 3.00. The molecule has 1 heterocycles. The number of amides is 1. The van der Waals surface area contributed by atoms with Gasteiger partial charge in [0.1, 0.15) is 5.75 Å². The lowest BCUT2D eigenvalue weighted by atomic mass is 10.3. The van der Waals surface area contributed by atoms with E-state index in [9.17, 15) is 9.59 Å². The van der Waals surface area contributed by atoms with Gasteiger partial charge in [0.2, 0.25) is 0 Å². The molecule has 0 spiro atoms. The van der Waals surface area contributed by atoms with E-state index >= 15 is 0 Å². The fourth-order valence-electron chi connectivity index (χ4n) is 2.34. The summed E-state index contributed by atoms with van der Waals surface area (Å²) in [6, 6.07) is 18.3. The first-order valence-electron chi connectivity index (χ1n) is 8.62. The molecule has 142 valence electrons. The van der Waals surface area contributed by atoms with Crippen molar-refractivity contribution in [2.45, 2.75) is 6.92 Å². The van der Waals surface area contributed by atoms with E-state index in [1.807, 2.05) is 54.8 Å². The summed E-state index contributed by atoms with van der Waals surface area (Å²) < 4.78 is 10.8. The Balaban J connectivity index is 1.54. The van der Waals surface area contributed by atoms with Gasteiger partial charge in [0.05, 0.1) is 5.69 Å². The topological polar surface area (TPSA) is 64.6 Å². The van der Waals surface area contributed by atoms with Crippen molar-refractivity contribution in [2.24, 2.45) is 0 Å². The van der Waals surface area contributed by atoms with Crippen LogP contribution >= 0.6 is 11.3 Å². The molecule has 0 saturated heterocycles. The largest absolute Gasteiger partial charge is 0.455 e. The minimum absolute atomic E-state index is 0.383. The summed E-state index contributed by atoms with van der Waals surface area (Å²) in [5.41, 5.74) is 1.58. The lowest BCUT2D eigenvalue weighted by Crippen LogP contribution is -2.20. The third-order valence-corrected chi connectivity index (χ3v) is 4.73. The van der Waals surface area contributed by atoms with Gasteiger partial charge < -0.3 is 14.8 Å². The van der Waals surface area contributed by atoms with Crippen molar-refractivity contribution >= 4 is 35.0 Å². The normalized spacial score (nSPS) is 10.6. The van der Waals surface area contributed by atoms with Gasteiger partial charge in [0.15, 0.2) is 12.4 Å². The van der Waals surface area contributed by atoms with Gasteiger partial charge in [-0.25, -0.2) is 4.79 Å². The van der Waals surface area contributed by atoms with Gasteiger partial charge in [-0.2, -0.15) is 0 Å². The van der Waals surface area contributed by atoms with Crippen molar-refractivity contribution in [3.8, 4) is 11.5 Å². The highest BCUT2D eigenvalue weighted by molar-refractivity contribution is 7.11. The summed E-state index contributed by atoms with van der Waals surface area (Å²) in [5.74, 6) is 0.140. The Morgan fingerprint density at radius 2 is 1.79 bits per heavy atom. The number of anilines is 1. The second kappa shape index (κ2) is 9.53. The Kier molecular flexibility index (Phi) is 6.59. The number of benzene rings is 2. The summed E-state index contributed by atoms with van der Waals surface area (Å²) in [7, 11) is 0. The molecule has 5 nitrogen and oxygen atoms in total. The smallest absolute Gasteiger partial charge is 0.331 e. The number of hydrogen-bond donors (Lipinski definition) is 1. The first-order valence-corrected chi connectivity index (χ1v) is 9.50. The molecule has 2 aromatic carbocycles. The molecule has 1 N–H and O–H groups in total. The lowest BCUT2D eigenvalue weighted by molar-refractivity contribution is -0.142. The summed E-state index contributed by atoms with van der Waals surface area (Å²) >= 11 is 1.53. The highest BCUT2D eigenvalue weighted by atomic mass is 32.1. The molecule has 0 aliphatic rings. The predicted molar refractivity (Wildman–Crippen MR) is 111 cm³/mol. The van der Waals surface area contributed by atoms with E-state index in [1.165, 1.54) is 17.4 Å². The lowest BCUT2D eigenvalue weighted by Gasteiger charge is -2.12. The van der Waals surface area contributed by atoms with E-state index in [0.717, 1.165) is 10.4 Å². The number of nitrogens with one attached hydrogen (secondary N) is 1. The number of esters is 1. The maximum absolute atomic E-state index is 12.1. The minimum atomic E-state index is -0.572. The van der Waals surface area contributed by atoms with Gasteiger partial charge in [-0.05, 0) is 54.3 Å². The van der Waals surface area contributed by atoms with Crippen LogP contribution in [0.15, 0.2) is 72.1 Å². The highest BCUT2D eigenvalue weighted by Crippen LogP contribution is 2.29. The first kappa shape index (κ1) is 19.4. The maximum atomic E-state index is 12.1. The van der Waals surface area contributed by atoms with Crippen molar-refractivity contribution in [1.29, 1.82) is 0 Å². The average Bonchev–Trinajstić information content (AvgIpc) is 3.12. The molecule has 0 bridgehead atoms. The van der Waals surface area contributed by atoms with Crippen LogP contribution in [0.25, 0.3) is 6.08 Å². The van der Waals surface area contributed by atoms with Crippen LogP contribution in [-0.2, 0) is 14.3 Å². The molecule has 0 saturated carbocycles. The Morgan fingerprint density at radius 1 is 1.04 bits per heavy atom. The van der Waals surface area contributed by atoms with E-state index in [2.05, 4.69) is 5.32 Å². The Bertz CT molecular complexity index is 979. The van der Waals surface area contributed by atoms with Gasteiger partial charge in [-0.1, -0.05) is 30.3 Å². The summed E-state index contributed by atoms with van der Waals surface area (Å²) in [6.45, 7) is 1.58. The second-order valence-electron chi connectivity index (χ2n) is 5.87. The molecule has 0 unspecified atom stereocenters. The molecular formula is C22H19NO4S. The van der Waals surface area contributed by atoms with Crippen LogP contribution in [0.4, 0.5) is 5.69 Å². The monoisotopic (exact) mass is 393 g/mol. The number of thiophene rings is 1. The van der Waals surface area contributed by atoms with E-state index in [0.29, 0.717) is 17.2 Å². The van der Waals surface area contributed by atoms with Crippen molar-refractivity contribution in [2.75, 3.05) is 11.9 Å². The molecule has 1 aromatic heterocycles. The summed E-state index contributed by atoms with van der Waals surface area (Å²) in [5, 5.41) is 4.65. The van der Waals surface area contributed by atoms with Crippen LogP contribution < -0.4 is 10.1 Å². The zero-order valence-electron chi connectivity index (χ0n) is 15.3. The molecule has 0 radical (unpaired) electrons. The van der Waals surface area contributed by atoms with E-state index in [4.69, 9.17) is 9.47 Å². The molecular weight excluding hydrogens is 374 g/mol. The van der Waals surface area contributed by atoms with Crippen LogP contribution in [0.5, 0.6) is 11.5 Å². The molecule has 6 heteroatoms. The second-order valence-corrected chi connectivity index (χ2v) is 6.82. The van der Waals surface area contributed by atoms with Gasteiger partial charge in [-0.15, -0.1) is 11.3 Å². The fraction of sp³-hybridized carbons (Fsp3) is 0.0909. The molecule has 3 rings (SSSR count). The molecule has 28 heavy (non-hydrogen) atoms. The SMILES string of the molecule is Cc1ccsc1/C=C/C(=O)OCC(=O)Nc1ccccc1Oc1ccccc1.